The molecule has 1 amide bonds. The predicted molar refractivity (Wildman–Crippen MR) is 92.8 cm³/mol. The van der Waals surface area contributed by atoms with Gasteiger partial charge in [0.05, 0.1) is 6.61 Å². The Morgan fingerprint density at radius 1 is 1.28 bits per heavy atom. The van der Waals surface area contributed by atoms with Crippen LogP contribution in [0.4, 0.5) is 4.79 Å². The third-order valence-electron chi connectivity index (χ3n) is 3.86. The molecule has 0 unspecified atom stereocenters. The van der Waals surface area contributed by atoms with Gasteiger partial charge < -0.3 is 14.6 Å². The third-order valence-corrected chi connectivity index (χ3v) is 3.86. The van der Waals surface area contributed by atoms with Crippen LogP contribution >= 0.6 is 0 Å². The van der Waals surface area contributed by atoms with Gasteiger partial charge in [-0.05, 0) is 39.3 Å². The lowest BCUT2D eigenvalue weighted by atomic mass is 9.87. The van der Waals surface area contributed by atoms with E-state index in [-0.39, 0.29) is 13.2 Å². The van der Waals surface area contributed by atoms with Gasteiger partial charge in [-0.2, -0.15) is 0 Å². The summed E-state index contributed by atoms with van der Waals surface area (Å²) in [6, 6.07) is 8.72. The van der Waals surface area contributed by atoms with Gasteiger partial charge in [0, 0.05) is 6.54 Å². The standard InChI is InChI=1S/C19H25NO5/c1-5-24-16(22)19(15(21)14-10-7-6-8-11-14)12-9-13-20(19)17(23)25-18(2,3)4/h6-12,15,21H,5,13H2,1-4H3/t15-,19-/m1/s1. The van der Waals surface area contributed by atoms with Gasteiger partial charge in [-0.1, -0.05) is 36.4 Å². The van der Waals surface area contributed by atoms with Gasteiger partial charge in [-0.25, -0.2) is 9.59 Å². The molecule has 0 spiro atoms. The van der Waals surface area contributed by atoms with E-state index in [2.05, 4.69) is 0 Å². The lowest BCUT2D eigenvalue weighted by molar-refractivity contribution is -0.160. The summed E-state index contributed by atoms with van der Waals surface area (Å²) < 4.78 is 10.6. The molecule has 0 bridgehead atoms. The number of rotatable bonds is 4. The molecule has 136 valence electrons. The summed E-state index contributed by atoms with van der Waals surface area (Å²) in [7, 11) is 0. The Morgan fingerprint density at radius 2 is 1.92 bits per heavy atom. The van der Waals surface area contributed by atoms with Crippen LogP contribution in [0.25, 0.3) is 0 Å². The van der Waals surface area contributed by atoms with E-state index in [4.69, 9.17) is 9.47 Å². The molecule has 6 nitrogen and oxygen atoms in total. The number of hydrogen-bond acceptors (Lipinski definition) is 5. The van der Waals surface area contributed by atoms with E-state index >= 15 is 0 Å². The van der Waals surface area contributed by atoms with Crippen LogP contribution in [0.1, 0.15) is 39.4 Å². The first-order valence-electron chi connectivity index (χ1n) is 8.31. The zero-order valence-electron chi connectivity index (χ0n) is 15.1. The SMILES string of the molecule is CCOC(=O)[C@]1([C@H](O)c2ccccc2)C=CCN1C(=O)OC(C)(C)C. The number of hydrogen-bond donors (Lipinski definition) is 1. The summed E-state index contributed by atoms with van der Waals surface area (Å²) in [5.41, 5.74) is -1.87. The van der Waals surface area contributed by atoms with Crippen LogP contribution in [0.5, 0.6) is 0 Å². The average molecular weight is 347 g/mol. The second-order valence-corrected chi connectivity index (χ2v) is 6.85. The molecule has 0 saturated heterocycles. The Kier molecular flexibility index (Phi) is 5.52. The Balaban J connectivity index is 2.45. The summed E-state index contributed by atoms with van der Waals surface area (Å²) in [6.07, 6.45) is 1.22. The van der Waals surface area contributed by atoms with Crippen LogP contribution in [-0.4, -0.2) is 46.4 Å². The molecule has 0 saturated carbocycles. The van der Waals surface area contributed by atoms with Crippen LogP contribution in [0, 0.1) is 0 Å². The lowest BCUT2D eigenvalue weighted by Gasteiger charge is -2.39. The van der Waals surface area contributed by atoms with Crippen LogP contribution in [0.2, 0.25) is 0 Å². The van der Waals surface area contributed by atoms with E-state index in [1.165, 1.54) is 11.0 Å². The molecule has 1 aromatic carbocycles. The van der Waals surface area contributed by atoms with Gasteiger partial charge in [-0.3, -0.25) is 4.90 Å². The molecule has 0 fully saturated rings. The zero-order chi connectivity index (χ0) is 18.7. The maximum atomic E-state index is 12.8. The predicted octanol–water partition coefficient (Wildman–Crippen LogP) is 2.83. The molecular weight excluding hydrogens is 322 g/mol. The van der Waals surface area contributed by atoms with Crippen molar-refractivity contribution < 1.29 is 24.2 Å². The lowest BCUT2D eigenvalue weighted by Crippen LogP contribution is -2.58. The van der Waals surface area contributed by atoms with E-state index in [9.17, 15) is 14.7 Å². The van der Waals surface area contributed by atoms with Crippen molar-refractivity contribution in [1.29, 1.82) is 0 Å². The molecule has 0 radical (unpaired) electrons. The molecule has 1 aromatic rings. The summed E-state index contributed by atoms with van der Waals surface area (Å²) >= 11 is 0. The van der Waals surface area contributed by atoms with E-state index in [0.717, 1.165) is 0 Å². The van der Waals surface area contributed by atoms with Crippen molar-refractivity contribution in [2.24, 2.45) is 0 Å². The molecule has 2 rings (SSSR count). The number of carbonyl (C=O) groups is 2. The van der Waals surface area contributed by atoms with Crippen molar-refractivity contribution in [1.82, 2.24) is 4.90 Å². The molecule has 2 atom stereocenters. The van der Waals surface area contributed by atoms with Crippen LogP contribution in [0.15, 0.2) is 42.5 Å². The van der Waals surface area contributed by atoms with Crippen molar-refractivity contribution >= 4 is 12.1 Å². The molecular formula is C19H25NO5. The third kappa shape index (κ3) is 3.85. The smallest absolute Gasteiger partial charge is 0.411 e. The molecule has 0 aliphatic carbocycles. The van der Waals surface area contributed by atoms with E-state index in [1.807, 2.05) is 6.07 Å². The normalized spacial score (nSPS) is 21.1. The number of aliphatic hydroxyl groups is 1. The minimum atomic E-state index is -1.65. The molecule has 0 aromatic heterocycles. The van der Waals surface area contributed by atoms with E-state index < -0.39 is 29.3 Å². The summed E-state index contributed by atoms with van der Waals surface area (Å²) in [6.45, 7) is 7.20. The number of benzene rings is 1. The van der Waals surface area contributed by atoms with Crippen LogP contribution in [-0.2, 0) is 14.3 Å². The Labute approximate surface area is 148 Å². The molecule has 1 heterocycles. The van der Waals surface area contributed by atoms with E-state index in [0.29, 0.717) is 5.56 Å². The highest BCUT2D eigenvalue weighted by Gasteiger charge is 2.55. The number of amides is 1. The average Bonchev–Trinajstić information content (AvgIpc) is 3.00. The first-order valence-corrected chi connectivity index (χ1v) is 8.31. The van der Waals surface area contributed by atoms with Crippen LogP contribution in [0.3, 0.4) is 0 Å². The van der Waals surface area contributed by atoms with Gasteiger partial charge >= 0.3 is 12.1 Å². The van der Waals surface area contributed by atoms with Gasteiger partial charge in [0.1, 0.15) is 11.7 Å². The Morgan fingerprint density at radius 3 is 2.48 bits per heavy atom. The molecule has 1 aliphatic heterocycles. The van der Waals surface area contributed by atoms with Crippen molar-refractivity contribution in [2.75, 3.05) is 13.2 Å². The number of esters is 1. The zero-order valence-corrected chi connectivity index (χ0v) is 15.1. The second kappa shape index (κ2) is 7.27. The summed E-state index contributed by atoms with van der Waals surface area (Å²) in [5.74, 6) is -0.689. The van der Waals surface area contributed by atoms with E-state index in [1.54, 1.807) is 58.0 Å². The minimum Gasteiger partial charge on any atom is -0.464 e. The van der Waals surface area contributed by atoms with Crippen molar-refractivity contribution in [3.63, 3.8) is 0 Å². The molecule has 1 N–H and O–H groups in total. The topological polar surface area (TPSA) is 76.1 Å². The van der Waals surface area contributed by atoms with Crippen molar-refractivity contribution in [2.45, 2.75) is 44.9 Å². The number of ether oxygens (including phenoxy) is 2. The number of aliphatic hydroxyl groups excluding tert-OH is 1. The molecule has 6 heteroatoms. The highest BCUT2D eigenvalue weighted by molar-refractivity contribution is 5.90. The van der Waals surface area contributed by atoms with Gasteiger partial charge in [0.2, 0.25) is 0 Å². The fourth-order valence-corrected chi connectivity index (χ4v) is 2.79. The highest BCUT2D eigenvalue weighted by atomic mass is 16.6. The number of nitrogens with zero attached hydrogens (tertiary/aromatic N) is 1. The summed E-state index contributed by atoms with van der Waals surface area (Å²) in [5, 5.41) is 11.0. The van der Waals surface area contributed by atoms with Gasteiger partial charge in [0.25, 0.3) is 0 Å². The minimum absolute atomic E-state index is 0.137. The van der Waals surface area contributed by atoms with Crippen LogP contribution < -0.4 is 0 Å². The van der Waals surface area contributed by atoms with Crippen molar-refractivity contribution in [3.8, 4) is 0 Å². The Bertz CT molecular complexity index is 650. The maximum absolute atomic E-state index is 12.8. The first-order chi connectivity index (χ1) is 11.7. The van der Waals surface area contributed by atoms with Gasteiger partial charge in [0.15, 0.2) is 5.54 Å². The monoisotopic (exact) mass is 347 g/mol. The molecule has 1 aliphatic rings. The first kappa shape index (κ1) is 19.0. The second-order valence-electron chi connectivity index (χ2n) is 6.85. The van der Waals surface area contributed by atoms with Crippen molar-refractivity contribution in [3.05, 3.63) is 48.0 Å². The largest absolute Gasteiger partial charge is 0.464 e. The molecule has 25 heavy (non-hydrogen) atoms. The fourth-order valence-electron chi connectivity index (χ4n) is 2.79. The maximum Gasteiger partial charge on any atom is 0.411 e. The fraction of sp³-hybridized carbons (Fsp3) is 0.474. The summed E-state index contributed by atoms with van der Waals surface area (Å²) in [4.78, 5) is 26.7. The Hall–Kier alpha value is -2.34. The van der Waals surface area contributed by atoms with Gasteiger partial charge in [-0.15, -0.1) is 0 Å². The highest BCUT2D eigenvalue weighted by Crippen LogP contribution is 2.38. The number of carbonyl (C=O) groups excluding carboxylic acids is 2. The quantitative estimate of drug-likeness (QED) is 0.669.